The molecule has 4 aliphatic carbocycles. The maximum Gasteiger partial charge on any atom is -1.00 e. The Labute approximate surface area is 224 Å². The molecule has 0 bridgehead atoms. The van der Waals surface area contributed by atoms with Crippen molar-refractivity contribution in [3.05, 3.63) is 118 Å². The maximum atomic E-state index is 2.66. The van der Waals surface area contributed by atoms with Crippen molar-refractivity contribution in [2.24, 2.45) is 0 Å². The summed E-state index contributed by atoms with van der Waals surface area (Å²) in [5.41, 5.74) is 10.00. The second-order valence-electron chi connectivity index (χ2n) is 9.75. The van der Waals surface area contributed by atoms with Crippen LogP contribution < -0.4 is 24.8 Å². The van der Waals surface area contributed by atoms with Gasteiger partial charge in [-0.2, -0.15) is 0 Å². The fourth-order valence-corrected chi connectivity index (χ4v) is 16.3. The molecule has 0 saturated carbocycles. The Morgan fingerprint density at radius 2 is 0.971 bits per heavy atom. The molecule has 0 N–H and O–H groups in total. The van der Waals surface area contributed by atoms with Crippen molar-refractivity contribution in [3.63, 3.8) is 0 Å². The van der Waals surface area contributed by atoms with Crippen LogP contribution in [0, 0.1) is 0 Å². The second-order valence-corrected chi connectivity index (χ2v) is 16.3. The van der Waals surface area contributed by atoms with E-state index in [2.05, 4.69) is 85.0 Å². The Hall–Kier alpha value is -1.27. The molecule has 174 valence electrons. The molecule has 0 aliphatic heterocycles. The first-order chi connectivity index (χ1) is 15.9. The van der Waals surface area contributed by atoms with Crippen LogP contribution >= 0.6 is 0 Å². The van der Waals surface area contributed by atoms with Crippen LogP contribution in [0.3, 0.4) is 0 Å². The maximum absolute atomic E-state index is 2.66. The van der Waals surface area contributed by atoms with Crippen molar-refractivity contribution in [1.29, 1.82) is 0 Å². The van der Waals surface area contributed by atoms with Gasteiger partial charge in [-0.05, 0) is 0 Å². The van der Waals surface area contributed by atoms with Crippen LogP contribution in [0.5, 0.6) is 0 Å². The van der Waals surface area contributed by atoms with Crippen LogP contribution in [0.1, 0.15) is 62.5 Å². The normalized spacial score (nSPS) is 22.3. The third-order valence-corrected chi connectivity index (χ3v) is 16.7. The molecule has 0 nitrogen and oxygen atoms in total. The Kier molecular flexibility index (Phi) is 8.84. The first-order valence-corrected chi connectivity index (χ1v) is 16.6. The van der Waals surface area contributed by atoms with E-state index in [1.54, 1.807) is 14.4 Å². The summed E-state index contributed by atoms with van der Waals surface area (Å²) in [6.07, 6.45) is 21.2. The SMILES string of the molecule is C1=C[CH]([Zr+2](=[C](c2ccccc2)c2ccccc2)[CH]2C=CC3=C2CCCC3)C2=C1CCCC2.[Cl-].[Cl-]. The number of allylic oxidation sites excluding steroid dienone is 8. The third-order valence-electron chi connectivity index (χ3n) is 7.92. The van der Waals surface area contributed by atoms with Gasteiger partial charge in [0.1, 0.15) is 0 Å². The zero-order valence-corrected chi connectivity index (χ0v) is 23.6. The van der Waals surface area contributed by atoms with E-state index >= 15 is 0 Å². The van der Waals surface area contributed by atoms with Gasteiger partial charge in [0.15, 0.2) is 0 Å². The van der Waals surface area contributed by atoms with Crippen molar-refractivity contribution in [2.75, 3.05) is 0 Å². The average molecular weight is 567 g/mol. The summed E-state index contributed by atoms with van der Waals surface area (Å²) in [6, 6.07) is 22.8. The Balaban J connectivity index is 0.00000137. The van der Waals surface area contributed by atoms with E-state index in [1.165, 1.54) is 62.5 Å². The number of rotatable bonds is 4. The van der Waals surface area contributed by atoms with Crippen LogP contribution in [-0.2, 0) is 21.3 Å². The van der Waals surface area contributed by atoms with Crippen molar-refractivity contribution < 1.29 is 46.1 Å². The van der Waals surface area contributed by atoms with Crippen molar-refractivity contribution in [1.82, 2.24) is 0 Å². The number of halogens is 2. The van der Waals surface area contributed by atoms with Crippen LogP contribution in [0.25, 0.3) is 0 Å². The van der Waals surface area contributed by atoms with Crippen LogP contribution in [0.2, 0.25) is 7.25 Å². The molecule has 0 fully saturated rings. The van der Waals surface area contributed by atoms with E-state index in [-0.39, 0.29) is 24.8 Å². The third kappa shape index (κ3) is 4.86. The summed E-state index contributed by atoms with van der Waals surface area (Å²) in [5.74, 6) is 0. The van der Waals surface area contributed by atoms with Gasteiger partial charge >= 0.3 is 201 Å². The fraction of sp³-hybridized carbons (Fsp3) is 0.323. The first-order valence-electron chi connectivity index (χ1n) is 12.6. The van der Waals surface area contributed by atoms with E-state index in [0.717, 1.165) is 0 Å². The van der Waals surface area contributed by atoms with Gasteiger partial charge in [-0.25, -0.2) is 0 Å². The Bertz CT molecular complexity index is 1080. The average Bonchev–Trinajstić information content (AvgIpc) is 3.48. The van der Waals surface area contributed by atoms with E-state index in [0.29, 0.717) is 7.25 Å². The molecule has 34 heavy (non-hydrogen) atoms. The second kappa shape index (κ2) is 11.6. The largest absolute Gasteiger partial charge is 1.00 e. The quantitative estimate of drug-likeness (QED) is 0.533. The van der Waals surface area contributed by atoms with Gasteiger partial charge < -0.3 is 24.8 Å². The monoisotopic (exact) mass is 564 g/mol. The van der Waals surface area contributed by atoms with Gasteiger partial charge in [0, 0.05) is 0 Å². The molecule has 0 saturated heterocycles. The smallest absolute Gasteiger partial charge is 1.00 e. The molecular formula is C31H32Cl2Zr. The summed E-state index contributed by atoms with van der Waals surface area (Å²) < 4.78 is 3.16. The molecule has 0 radical (unpaired) electrons. The van der Waals surface area contributed by atoms with Gasteiger partial charge in [-0.3, -0.25) is 0 Å². The minimum atomic E-state index is -2.27. The molecule has 0 amide bonds. The van der Waals surface area contributed by atoms with Crippen LogP contribution in [-0.4, -0.2) is 3.21 Å². The molecule has 3 heteroatoms. The summed E-state index contributed by atoms with van der Waals surface area (Å²) in [7, 11) is 0. The van der Waals surface area contributed by atoms with Crippen molar-refractivity contribution in [2.45, 2.75) is 58.6 Å². The summed E-state index contributed by atoms with van der Waals surface area (Å²) in [4.78, 5) is 0. The molecule has 0 spiro atoms. The van der Waals surface area contributed by atoms with Crippen molar-refractivity contribution in [3.8, 4) is 0 Å². The zero-order chi connectivity index (χ0) is 21.3. The van der Waals surface area contributed by atoms with Gasteiger partial charge in [0.2, 0.25) is 0 Å². The van der Waals surface area contributed by atoms with E-state index < -0.39 is 21.3 Å². The Morgan fingerprint density at radius 3 is 1.41 bits per heavy atom. The van der Waals surface area contributed by atoms with Crippen LogP contribution in [0.4, 0.5) is 0 Å². The first kappa shape index (κ1) is 25.8. The molecule has 2 atom stereocenters. The van der Waals surface area contributed by atoms with Gasteiger partial charge in [-0.15, -0.1) is 0 Å². The minimum Gasteiger partial charge on any atom is -1.00 e. The molecule has 0 aromatic heterocycles. The van der Waals surface area contributed by atoms with E-state index in [1.807, 2.05) is 11.1 Å². The predicted molar refractivity (Wildman–Crippen MR) is 133 cm³/mol. The van der Waals surface area contributed by atoms with E-state index in [4.69, 9.17) is 0 Å². The Morgan fingerprint density at radius 1 is 0.559 bits per heavy atom. The number of hydrogen-bond acceptors (Lipinski definition) is 0. The number of hydrogen-bond donors (Lipinski definition) is 0. The molecule has 2 unspecified atom stereocenters. The standard InChI is InChI=1S/C13H10.2C9H11.2ClH.Zr/c1-3-7-12(8-4-1)11-13-9-5-2-6-10-13;2*1-2-5-9-7-3-6-8(9)4-1;;;/h1-10H;2*3,6-7H,1-2,4-5H2;2*1H;/q;;;;;+2/p-2. The summed E-state index contributed by atoms with van der Waals surface area (Å²) in [5, 5.41) is 0. The zero-order valence-electron chi connectivity index (χ0n) is 19.7. The molecule has 2 aromatic rings. The van der Waals surface area contributed by atoms with E-state index in [9.17, 15) is 0 Å². The predicted octanol–water partition coefficient (Wildman–Crippen LogP) is 2.34. The topological polar surface area (TPSA) is 0 Å². The number of benzene rings is 2. The fourth-order valence-electron chi connectivity index (χ4n) is 6.45. The summed E-state index contributed by atoms with van der Waals surface area (Å²) >= 11 is -2.27. The molecule has 2 aromatic carbocycles. The van der Waals surface area contributed by atoms with Gasteiger partial charge in [0.05, 0.1) is 0 Å². The molecule has 4 aliphatic rings. The molecular weight excluding hydrogens is 534 g/mol. The minimum absolute atomic E-state index is 0. The van der Waals surface area contributed by atoms with Crippen LogP contribution in [0.15, 0.2) is 107 Å². The van der Waals surface area contributed by atoms with Gasteiger partial charge in [0.25, 0.3) is 0 Å². The van der Waals surface area contributed by atoms with Crippen molar-refractivity contribution >= 4 is 3.21 Å². The van der Waals surface area contributed by atoms with Gasteiger partial charge in [-0.1, -0.05) is 0 Å². The summed E-state index contributed by atoms with van der Waals surface area (Å²) in [6.45, 7) is 0. The molecule has 0 heterocycles. The molecule has 6 rings (SSSR count).